The van der Waals surface area contributed by atoms with Gasteiger partial charge in [-0.25, -0.2) is 0 Å². The molecule has 1 aromatic rings. The Hall–Kier alpha value is -1.59. The molecule has 1 aromatic carbocycles. The number of carbonyl (C=O) groups excluding carboxylic acids is 1. The predicted molar refractivity (Wildman–Crippen MR) is 66.1 cm³/mol. The summed E-state index contributed by atoms with van der Waals surface area (Å²) in [5.41, 5.74) is 6.24. The minimum Gasteiger partial charge on any atom is -0.492 e. The normalized spacial score (nSPS) is 11.9. The minimum absolute atomic E-state index is 0.183. The SMILES string of the molecule is CCOc1ccccc1NC(=O)C(N)COC. The number of hydrogen-bond acceptors (Lipinski definition) is 4. The summed E-state index contributed by atoms with van der Waals surface area (Å²) in [7, 11) is 1.50. The van der Waals surface area contributed by atoms with Crippen LogP contribution in [0.15, 0.2) is 24.3 Å². The molecule has 0 aliphatic rings. The molecule has 0 aliphatic heterocycles. The third-order valence-electron chi connectivity index (χ3n) is 2.13. The Kier molecular flexibility index (Phi) is 5.45. The van der Waals surface area contributed by atoms with E-state index in [1.54, 1.807) is 12.1 Å². The van der Waals surface area contributed by atoms with Gasteiger partial charge in [0.2, 0.25) is 5.91 Å². The molecule has 5 nitrogen and oxygen atoms in total. The number of anilines is 1. The second kappa shape index (κ2) is 6.88. The number of hydrogen-bond donors (Lipinski definition) is 2. The van der Waals surface area contributed by atoms with Crippen LogP contribution in [0.25, 0.3) is 0 Å². The minimum atomic E-state index is -0.685. The van der Waals surface area contributed by atoms with E-state index in [1.807, 2.05) is 19.1 Å². The van der Waals surface area contributed by atoms with Crippen molar-refractivity contribution in [3.63, 3.8) is 0 Å². The largest absolute Gasteiger partial charge is 0.492 e. The van der Waals surface area contributed by atoms with Crippen LogP contribution < -0.4 is 15.8 Å². The highest BCUT2D eigenvalue weighted by Crippen LogP contribution is 2.23. The molecule has 0 heterocycles. The van der Waals surface area contributed by atoms with Gasteiger partial charge in [-0.15, -0.1) is 0 Å². The first kappa shape index (κ1) is 13.5. The number of nitrogens with one attached hydrogen (secondary N) is 1. The highest BCUT2D eigenvalue weighted by molar-refractivity contribution is 5.96. The lowest BCUT2D eigenvalue weighted by Crippen LogP contribution is -2.39. The topological polar surface area (TPSA) is 73.6 Å². The summed E-state index contributed by atoms with van der Waals surface area (Å²) in [6.07, 6.45) is 0. The number of nitrogens with two attached hydrogens (primary N) is 1. The highest BCUT2D eigenvalue weighted by atomic mass is 16.5. The average Bonchev–Trinajstić information content (AvgIpc) is 2.32. The number of carbonyl (C=O) groups is 1. The van der Waals surface area contributed by atoms with Crippen LogP contribution in [0.5, 0.6) is 5.75 Å². The quantitative estimate of drug-likeness (QED) is 0.775. The molecule has 1 rings (SSSR count). The summed E-state index contributed by atoms with van der Waals surface area (Å²) in [5, 5.41) is 2.71. The van der Waals surface area contributed by atoms with Crippen LogP contribution in [-0.2, 0) is 9.53 Å². The first-order valence-electron chi connectivity index (χ1n) is 5.46. The van der Waals surface area contributed by atoms with Crippen molar-refractivity contribution in [2.75, 3.05) is 25.6 Å². The van der Waals surface area contributed by atoms with Gasteiger partial charge < -0.3 is 20.5 Å². The fraction of sp³-hybridized carbons (Fsp3) is 0.417. The molecule has 0 fully saturated rings. The van der Waals surface area contributed by atoms with E-state index in [9.17, 15) is 4.79 Å². The maximum Gasteiger partial charge on any atom is 0.243 e. The second-order valence-corrected chi connectivity index (χ2v) is 3.48. The van der Waals surface area contributed by atoms with Crippen molar-refractivity contribution >= 4 is 11.6 Å². The molecule has 0 saturated heterocycles. The number of rotatable bonds is 6. The summed E-state index contributed by atoms with van der Waals surface area (Å²) < 4.78 is 10.2. The van der Waals surface area contributed by atoms with Gasteiger partial charge in [-0.1, -0.05) is 12.1 Å². The van der Waals surface area contributed by atoms with E-state index in [2.05, 4.69) is 5.32 Å². The molecule has 1 atom stereocenters. The van der Waals surface area contributed by atoms with Gasteiger partial charge >= 0.3 is 0 Å². The zero-order chi connectivity index (χ0) is 12.7. The summed E-state index contributed by atoms with van der Waals surface area (Å²) in [5.74, 6) is 0.340. The van der Waals surface area contributed by atoms with E-state index >= 15 is 0 Å². The summed E-state index contributed by atoms with van der Waals surface area (Å²) in [6.45, 7) is 2.61. The maximum absolute atomic E-state index is 11.7. The number of amides is 1. The smallest absolute Gasteiger partial charge is 0.243 e. The zero-order valence-electron chi connectivity index (χ0n) is 10.1. The standard InChI is InChI=1S/C12H18N2O3/c1-3-17-11-7-5-4-6-10(11)14-12(15)9(13)8-16-2/h4-7,9H,3,8,13H2,1-2H3,(H,14,15). The Morgan fingerprint density at radius 2 is 2.18 bits per heavy atom. The molecular formula is C12H18N2O3. The monoisotopic (exact) mass is 238 g/mol. The molecule has 0 bridgehead atoms. The van der Waals surface area contributed by atoms with E-state index in [4.69, 9.17) is 15.2 Å². The molecule has 0 saturated carbocycles. The van der Waals surface area contributed by atoms with E-state index in [-0.39, 0.29) is 12.5 Å². The molecule has 0 aliphatic carbocycles. The van der Waals surface area contributed by atoms with Crippen molar-refractivity contribution in [1.82, 2.24) is 0 Å². The van der Waals surface area contributed by atoms with Gasteiger partial charge in [0.15, 0.2) is 0 Å². The Morgan fingerprint density at radius 1 is 1.47 bits per heavy atom. The lowest BCUT2D eigenvalue weighted by Gasteiger charge is -2.14. The van der Waals surface area contributed by atoms with Crippen LogP contribution in [-0.4, -0.2) is 32.3 Å². The Bertz CT molecular complexity index is 369. The zero-order valence-corrected chi connectivity index (χ0v) is 10.1. The van der Waals surface area contributed by atoms with Crippen LogP contribution in [0.3, 0.4) is 0 Å². The van der Waals surface area contributed by atoms with Crippen molar-refractivity contribution < 1.29 is 14.3 Å². The summed E-state index contributed by atoms with van der Waals surface area (Å²) in [6, 6.07) is 6.54. The molecule has 3 N–H and O–H groups in total. The summed E-state index contributed by atoms with van der Waals surface area (Å²) >= 11 is 0. The highest BCUT2D eigenvalue weighted by Gasteiger charge is 2.14. The molecule has 5 heteroatoms. The Labute approximate surface area is 101 Å². The van der Waals surface area contributed by atoms with Crippen LogP contribution in [0.1, 0.15) is 6.92 Å². The van der Waals surface area contributed by atoms with E-state index in [1.165, 1.54) is 7.11 Å². The Balaban J connectivity index is 2.70. The second-order valence-electron chi connectivity index (χ2n) is 3.48. The maximum atomic E-state index is 11.7. The molecule has 94 valence electrons. The lowest BCUT2D eigenvalue weighted by atomic mass is 10.2. The van der Waals surface area contributed by atoms with Gasteiger partial charge in [-0.2, -0.15) is 0 Å². The van der Waals surface area contributed by atoms with E-state index < -0.39 is 6.04 Å². The molecule has 1 unspecified atom stereocenters. The molecule has 1 amide bonds. The van der Waals surface area contributed by atoms with Crippen LogP contribution in [0.2, 0.25) is 0 Å². The molecule has 0 spiro atoms. The fourth-order valence-electron chi connectivity index (χ4n) is 1.33. The lowest BCUT2D eigenvalue weighted by molar-refractivity contribution is -0.118. The molecule has 17 heavy (non-hydrogen) atoms. The van der Waals surface area contributed by atoms with Crippen molar-refractivity contribution in [3.05, 3.63) is 24.3 Å². The average molecular weight is 238 g/mol. The molecule has 0 aromatic heterocycles. The number of benzene rings is 1. The number of ether oxygens (including phenoxy) is 2. The van der Waals surface area contributed by atoms with Crippen LogP contribution in [0.4, 0.5) is 5.69 Å². The van der Waals surface area contributed by atoms with Crippen LogP contribution >= 0.6 is 0 Å². The van der Waals surface area contributed by atoms with Gasteiger partial charge in [0.25, 0.3) is 0 Å². The third-order valence-corrected chi connectivity index (χ3v) is 2.13. The van der Waals surface area contributed by atoms with Crippen molar-refractivity contribution in [3.8, 4) is 5.75 Å². The molecule has 0 radical (unpaired) electrons. The third kappa shape index (κ3) is 4.05. The number of methoxy groups -OCH3 is 1. The van der Waals surface area contributed by atoms with Crippen LogP contribution in [0, 0.1) is 0 Å². The van der Waals surface area contributed by atoms with Crippen molar-refractivity contribution in [1.29, 1.82) is 0 Å². The van der Waals surface area contributed by atoms with Gasteiger partial charge in [-0.05, 0) is 19.1 Å². The first-order chi connectivity index (χ1) is 8.19. The number of para-hydroxylation sites is 2. The van der Waals surface area contributed by atoms with Gasteiger partial charge in [0, 0.05) is 7.11 Å². The first-order valence-corrected chi connectivity index (χ1v) is 5.46. The summed E-state index contributed by atoms with van der Waals surface area (Å²) in [4.78, 5) is 11.7. The van der Waals surface area contributed by atoms with Crippen molar-refractivity contribution in [2.45, 2.75) is 13.0 Å². The predicted octanol–water partition coefficient (Wildman–Crippen LogP) is 0.998. The van der Waals surface area contributed by atoms with Gasteiger partial charge in [-0.3, -0.25) is 4.79 Å². The van der Waals surface area contributed by atoms with Gasteiger partial charge in [0.1, 0.15) is 11.8 Å². The van der Waals surface area contributed by atoms with E-state index in [0.717, 1.165) is 0 Å². The van der Waals surface area contributed by atoms with Crippen molar-refractivity contribution in [2.24, 2.45) is 5.73 Å². The Morgan fingerprint density at radius 3 is 2.82 bits per heavy atom. The fourth-order valence-corrected chi connectivity index (χ4v) is 1.33. The van der Waals surface area contributed by atoms with E-state index in [0.29, 0.717) is 18.0 Å². The van der Waals surface area contributed by atoms with Gasteiger partial charge in [0.05, 0.1) is 18.9 Å². The molecular weight excluding hydrogens is 220 g/mol.